The highest BCUT2D eigenvalue weighted by atomic mass is 32.1. The molecule has 3 nitrogen and oxygen atoms in total. The van der Waals surface area contributed by atoms with Crippen LogP contribution in [0.5, 0.6) is 0 Å². The van der Waals surface area contributed by atoms with Crippen LogP contribution in [-0.4, -0.2) is 16.9 Å². The van der Waals surface area contributed by atoms with E-state index in [9.17, 15) is 9.18 Å². The van der Waals surface area contributed by atoms with Crippen LogP contribution in [0.4, 0.5) is 4.39 Å². The number of carbonyl (C=O) groups is 1. The molecule has 0 spiro atoms. The Morgan fingerprint density at radius 3 is 2.44 bits per heavy atom. The molecule has 0 radical (unpaired) electrons. The molecule has 0 aliphatic heterocycles. The number of thiocarbonyl (C=S) groups is 1. The molecule has 1 aromatic rings. The summed E-state index contributed by atoms with van der Waals surface area (Å²) >= 11 is 4.90. The largest absolute Gasteiger partial charge is 0.392 e. The van der Waals surface area contributed by atoms with Crippen molar-refractivity contribution in [3.63, 3.8) is 0 Å². The number of nitrogens with two attached hydrogens (primary N) is 1. The fourth-order valence-electron chi connectivity index (χ4n) is 1.66. The number of amides is 1. The number of benzene rings is 1. The minimum Gasteiger partial charge on any atom is -0.392 e. The van der Waals surface area contributed by atoms with Gasteiger partial charge in [-0.3, -0.25) is 4.79 Å². The minimum absolute atomic E-state index is 0.0844. The minimum atomic E-state index is -0.434. The van der Waals surface area contributed by atoms with Gasteiger partial charge in [0.05, 0.1) is 11.0 Å². The fraction of sp³-hybridized carbons (Fsp3) is 0.385. The van der Waals surface area contributed by atoms with Gasteiger partial charge in [-0.15, -0.1) is 0 Å². The number of aryl methyl sites for hydroxylation is 1. The number of hydrogen-bond acceptors (Lipinski definition) is 2. The van der Waals surface area contributed by atoms with Gasteiger partial charge in [0.25, 0.3) is 5.91 Å². The third-order valence-corrected chi connectivity index (χ3v) is 2.82. The van der Waals surface area contributed by atoms with Crippen LogP contribution < -0.4 is 11.1 Å². The molecule has 1 amide bonds. The first-order valence-corrected chi connectivity index (χ1v) is 6.09. The van der Waals surface area contributed by atoms with Gasteiger partial charge in [0, 0.05) is 5.56 Å². The van der Waals surface area contributed by atoms with Crippen molar-refractivity contribution in [2.75, 3.05) is 0 Å². The van der Waals surface area contributed by atoms with Crippen LogP contribution in [0.1, 0.15) is 29.8 Å². The molecule has 0 fully saturated rings. The Balaban J connectivity index is 2.90. The number of rotatable bonds is 4. The second-order valence-electron chi connectivity index (χ2n) is 4.61. The summed E-state index contributed by atoms with van der Waals surface area (Å²) in [5.74, 6) is -0.721. The van der Waals surface area contributed by atoms with E-state index >= 15 is 0 Å². The number of carbonyl (C=O) groups excluding carboxylic acids is 1. The van der Waals surface area contributed by atoms with Crippen molar-refractivity contribution in [3.8, 4) is 0 Å². The quantitative estimate of drug-likeness (QED) is 0.823. The van der Waals surface area contributed by atoms with E-state index in [1.807, 2.05) is 13.8 Å². The maximum absolute atomic E-state index is 13.2. The molecular formula is C13H17FN2OS. The molecule has 3 N–H and O–H groups in total. The number of hydrogen-bond donors (Lipinski definition) is 2. The first-order valence-electron chi connectivity index (χ1n) is 5.68. The first-order chi connectivity index (χ1) is 8.31. The van der Waals surface area contributed by atoms with Gasteiger partial charge >= 0.3 is 0 Å². The Labute approximate surface area is 112 Å². The summed E-state index contributed by atoms with van der Waals surface area (Å²) in [6, 6.07) is 3.79. The van der Waals surface area contributed by atoms with E-state index in [2.05, 4.69) is 5.32 Å². The van der Waals surface area contributed by atoms with E-state index in [0.29, 0.717) is 5.56 Å². The van der Waals surface area contributed by atoms with Crippen molar-refractivity contribution >= 4 is 23.1 Å². The van der Waals surface area contributed by atoms with Crippen LogP contribution in [0, 0.1) is 18.7 Å². The van der Waals surface area contributed by atoms with E-state index in [4.69, 9.17) is 18.0 Å². The van der Waals surface area contributed by atoms with Crippen molar-refractivity contribution in [2.24, 2.45) is 11.7 Å². The molecule has 98 valence electrons. The van der Waals surface area contributed by atoms with Crippen LogP contribution >= 0.6 is 12.2 Å². The Bertz CT molecular complexity index is 454. The van der Waals surface area contributed by atoms with Crippen LogP contribution in [0.2, 0.25) is 0 Å². The van der Waals surface area contributed by atoms with Gasteiger partial charge in [-0.25, -0.2) is 4.39 Å². The summed E-state index contributed by atoms with van der Waals surface area (Å²) in [5.41, 5.74) is 6.53. The van der Waals surface area contributed by atoms with Crippen molar-refractivity contribution < 1.29 is 9.18 Å². The van der Waals surface area contributed by atoms with E-state index in [-0.39, 0.29) is 22.4 Å². The van der Waals surface area contributed by atoms with Crippen LogP contribution in [0.3, 0.4) is 0 Å². The second-order valence-corrected chi connectivity index (χ2v) is 5.09. The van der Waals surface area contributed by atoms with Crippen LogP contribution in [-0.2, 0) is 0 Å². The van der Waals surface area contributed by atoms with Crippen molar-refractivity contribution in [3.05, 3.63) is 35.1 Å². The zero-order valence-corrected chi connectivity index (χ0v) is 11.5. The molecule has 0 aliphatic rings. The van der Waals surface area contributed by atoms with Gasteiger partial charge < -0.3 is 11.1 Å². The molecule has 18 heavy (non-hydrogen) atoms. The van der Waals surface area contributed by atoms with Crippen LogP contribution in [0.25, 0.3) is 0 Å². The average Bonchev–Trinajstić information content (AvgIpc) is 2.23. The van der Waals surface area contributed by atoms with E-state index in [1.165, 1.54) is 12.1 Å². The highest BCUT2D eigenvalue weighted by Gasteiger charge is 2.19. The van der Waals surface area contributed by atoms with Crippen molar-refractivity contribution in [1.82, 2.24) is 5.32 Å². The molecule has 1 unspecified atom stereocenters. The predicted molar refractivity (Wildman–Crippen MR) is 74.0 cm³/mol. The Morgan fingerprint density at radius 1 is 1.39 bits per heavy atom. The topological polar surface area (TPSA) is 55.1 Å². The van der Waals surface area contributed by atoms with Crippen molar-refractivity contribution in [1.29, 1.82) is 0 Å². The first kappa shape index (κ1) is 14.6. The molecular weight excluding hydrogens is 251 g/mol. The molecule has 0 bridgehead atoms. The molecule has 0 aliphatic carbocycles. The predicted octanol–water partition coefficient (Wildman–Crippen LogP) is 2.17. The zero-order chi connectivity index (χ0) is 13.9. The summed E-state index contributed by atoms with van der Waals surface area (Å²) in [4.78, 5) is 12.2. The summed E-state index contributed by atoms with van der Waals surface area (Å²) in [7, 11) is 0. The lowest BCUT2D eigenvalue weighted by atomic mass is 10.0. The number of halogens is 1. The van der Waals surface area contributed by atoms with Gasteiger partial charge in [-0.1, -0.05) is 26.1 Å². The third kappa shape index (κ3) is 3.77. The molecule has 0 heterocycles. The molecule has 0 aromatic heterocycles. The van der Waals surface area contributed by atoms with Gasteiger partial charge in [0.2, 0.25) is 0 Å². The van der Waals surface area contributed by atoms with Crippen molar-refractivity contribution in [2.45, 2.75) is 26.8 Å². The SMILES string of the molecule is Cc1cc(F)cc(C(=O)NC(C(N)=S)C(C)C)c1. The summed E-state index contributed by atoms with van der Waals surface area (Å²) in [6.45, 7) is 5.54. The number of nitrogens with one attached hydrogen (secondary N) is 1. The average molecular weight is 268 g/mol. The summed E-state index contributed by atoms with van der Waals surface area (Å²) in [6.07, 6.45) is 0. The molecule has 5 heteroatoms. The molecule has 0 saturated carbocycles. The van der Waals surface area contributed by atoms with Gasteiger partial charge in [-0.05, 0) is 36.6 Å². The van der Waals surface area contributed by atoms with Gasteiger partial charge in [-0.2, -0.15) is 0 Å². The molecule has 1 rings (SSSR count). The van der Waals surface area contributed by atoms with E-state index < -0.39 is 11.9 Å². The lowest BCUT2D eigenvalue weighted by molar-refractivity contribution is 0.0939. The molecule has 1 atom stereocenters. The molecule has 1 aromatic carbocycles. The fourth-order valence-corrected chi connectivity index (χ4v) is 1.99. The van der Waals surface area contributed by atoms with E-state index in [0.717, 1.165) is 0 Å². The third-order valence-electron chi connectivity index (χ3n) is 2.56. The summed E-state index contributed by atoms with van der Waals surface area (Å²) < 4.78 is 13.2. The van der Waals surface area contributed by atoms with Gasteiger partial charge in [0.15, 0.2) is 0 Å². The molecule has 0 saturated heterocycles. The highest BCUT2D eigenvalue weighted by Crippen LogP contribution is 2.10. The highest BCUT2D eigenvalue weighted by molar-refractivity contribution is 7.80. The zero-order valence-electron chi connectivity index (χ0n) is 10.7. The normalized spacial score (nSPS) is 12.3. The maximum atomic E-state index is 13.2. The lowest BCUT2D eigenvalue weighted by Crippen LogP contribution is -2.46. The second kappa shape index (κ2) is 5.91. The Morgan fingerprint density at radius 2 is 2.00 bits per heavy atom. The Kier molecular flexibility index (Phi) is 4.78. The summed E-state index contributed by atoms with van der Waals surface area (Å²) in [5, 5.41) is 2.71. The smallest absolute Gasteiger partial charge is 0.251 e. The monoisotopic (exact) mass is 268 g/mol. The van der Waals surface area contributed by atoms with Gasteiger partial charge in [0.1, 0.15) is 5.82 Å². The van der Waals surface area contributed by atoms with Crippen LogP contribution in [0.15, 0.2) is 18.2 Å². The standard InChI is InChI=1S/C13H17FN2OS/c1-7(2)11(12(15)18)16-13(17)9-4-8(3)5-10(14)6-9/h4-7,11H,1-3H3,(H2,15,18)(H,16,17). The Hall–Kier alpha value is -1.49. The maximum Gasteiger partial charge on any atom is 0.251 e. The lowest BCUT2D eigenvalue weighted by Gasteiger charge is -2.21. The van der Waals surface area contributed by atoms with E-state index in [1.54, 1.807) is 13.0 Å².